The van der Waals surface area contributed by atoms with Crippen LogP contribution in [-0.4, -0.2) is 44.5 Å². The lowest BCUT2D eigenvalue weighted by Gasteiger charge is -2.10. The molecular formula is C7H12N2O3. The van der Waals surface area contributed by atoms with Crippen LogP contribution in [0.2, 0.25) is 0 Å². The summed E-state index contributed by atoms with van der Waals surface area (Å²) in [5, 5.41) is 5.34. The number of carbonyl (C=O) groups excluding carboxylic acids is 3. The molecule has 1 unspecified atom stereocenters. The van der Waals surface area contributed by atoms with Crippen LogP contribution >= 0.6 is 0 Å². The third-order valence-corrected chi connectivity index (χ3v) is 1.38. The maximum atomic E-state index is 10.8. The lowest BCUT2D eigenvalue weighted by Crippen LogP contribution is -2.43. The number of hydrogen-bond donors (Lipinski definition) is 2. The first-order valence-electron chi connectivity index (χ1n) is 3.57. The largest absolute Gasteiger partial charge is 0.309 e. The summed E-state index contributed by atoms with van der Waals surface area (Å²) in [5.41, 5.74) is 0. The van der Waals surface area contributed by atoms with Gasteiger partial charge in [-0.2, -0.15) is 0 Å². The minimum Gasteiger partial charge on any atom is -0.309 e. The Hall–Kier alpha value is -1.07. The van der Waals surface area contributed by atoms with Crippen LogP contribution in [0, 0.1) is 0 Å². The van der Waals surface area contributed by atoms with E-state index in [0.29, 0.717) is 6.29 Å². The Morgan fingerprint density at radius 2 is 2.17 bits per heavy atom. The average Bonchev–Trinajstić information content (AvgIpc) is 2.11. The standard InChI is InChI=1S/C7H12N2O3/c1-8-6(7(12)5-11)4-9-2-3-10/h3,5-6,8-9H,2,4H2,1H3. The molecule has 0 heterocycles. The van der Waals surface area contributed by atoms with Crippen molar-refractivity contribution in [2.45, 2.75) is 6.04 Å². The average molecular weight is 172 g/mol. The van der Waals surface area contributed by atoms with Crippen molar-refractivity contribution in [3.63, 3.8) is 0 Å². The Labute approximate surface area is 70.5 Å². The van der Waals surface area contributed by atoms with E-state index in [0.717, 1.165) is 0 Å². The highest BCUT2D eigenvalue weighted by molar-refractivity contribution is 6.27. The summed E-state index contributed by atoms with van der Waals surface area (Å²) in [4.78, 5) is 30.7. The molecule has 0 radical (unpaired) electrons. The van der Waals surface area contributed by atoms with E-state index in [9.17, 15) is 14.4 Å². The number of rotatable bonds is 7. The molecular weight excluding hydrogens is 160 g/mol. The first-order valence-corrected chi connectivity index (χ1v) is 3.57. The van der Waals surface area contributed by atoms with E-state index in [4.69, 9.17) is 0 Å². The molecule has 0 aliphatic rings. The lowest BCUT2D eigenvalue weighted by molar-refractivity contribution is -0.131. The molecule has 1 atom stereocenters. The highest BCUT2D eigenvalue weighted by atomic mass is 16.2. The molecule has 0 spiro atoms. The third-order valence-electron chi connectivity index (χ3n) is 1.38. The minimum atomic E-state index is -0.539. The maximum Gasteiger partial charge on any atom is 0.213 e. The van der Waals surface area contributed by atoms with Gasteiger partial charge in [-0.15, -0.1) is 0 Å². The molecule has 0 aliphatic heterocycles. The first kappa shape index (κ1) is 10.9. The molecule has 0 saturated heterocycles. The molecule has 0 aromatic carbocycles. The fraction of sp³-hybridized carbons (Fsp3) is 0.571. The molecule has 0 saturated carbocycles. The Morgan fingerprint density at radius 1 is 1.50 bits per heavy atom. The number of nitrogens with one attached hydrogen (secondary N) is 2. The summed E-state index contributed by atoms with van der Waals surface area (Å²) in [6.45, 7) is 0.469. The molecule has 2 N–H and O–H groups in total. The predicted molar refractivity (Wildman–Crippen MR) is 42.9 cm³/mol. The van der Waals surface area contributed by atoms with Gasteiger partial charge >= 0.3 is 0 Å². The van der Waals surface area contributed by atoms with Crippen molar-refractivity contribution in [2.75, 3.05) is 20.1 Å². The van der Waals surface area contributed by atoms with E-state index in [1.54, 1.807) is 7.05 Å². The maximum absolute atomic E-state index is 10.8. The van der Waals surface area contributed by atoms with Crippen molar-refractivity contribution in [2.24, 2.45) is 0 Å². The smallest absolute Gasteiger partial charge is 0.213 e. The summed E-state index contributed by atoms with van der Waals surface area (Å²) in [6.07, 6.45) is 0.960. The predicted octanol–water partition coefficient (Wildman–Crippen LogP) is -1.87. The van der Waals surface area contributed by atoms with Crippen LogP contribution in [0.15, 0.2) is 0 Å². The fourth-order valence-electron chi connectivity index (χ4n) is 0.714. The Balaban J connectivity index is 3.74. The van der Waals surface area contributed by atoms with Crippen molar-refractivity contribution in [1.29, 1.82) is 0 Å². The van der Waals surface area contributed by atoms with Gasteiger partial charge in [0, 0.05) is 6.54 Å². The van der Waals surface area contributed by atoms with Gasteiger partial charge in [0.05, 0.1) is 12.6 Å². The molecule has 0 amide bonds. The van der Waals surface area contributed by atoms with Crippen LogP contribution in [0.5, 0.6) is 0 Å². The molecule has 0 rings (SSSR count). The van der Waals surface area contributed by atoms with Crippen molar-refractivity contribution in [3.05, 3.63) is 0 Å². The molecule has 0 aromatic heterocycles. The Kier molecular flexibility index (Phi) is 6.04. The lowest BCUT2D eigenvalue weighted by atomic mass is 10.2. The normalized spacial score (nSPS) is 12.1. The topological polar surface area (TPSA) is 75.3 Å². The van der Waals surface area contributed by atoms with Gasteiger partial charge in [-0.25, -0.2) is 0 Å². The minimum absolute atomic E-state index is 0.185. The van der Waals surface area contributed by atoms with Gasteiger partial charge < -0.3 is 15.4 Å². The molecule has 68 valence electrons. The van der Waals surface area contributed by atoms with Crippen molar-refractivity contribution in [1.82, 2.24) is 10.6 Å². The zero-order chi connectivity index (χ0) is 9.40. The Morgan fingerprint density at radius 3 is 2.58 bits per heavy atom. The van der Waals surface area contributed by atoms with Crippen LogP contribution in [0.25, 0.3) is 0 Å². The second kappa shape index (κ2) is 6.63. The van der Waals surface area contributed by atoms with Crippen LogP contribution in [-0.2, 0) is 14.4 Å². The van der Waals surface area contributed by atoms with Crippen molar-refractivity contribution >= 4 is 18.4 Å². The molecule has 0 bridgehead atoms. The number of likely N-dealkylation sites (N-methyl/N-ethyl adjacent to an activating group) is 1. The summed E-state index contributed by atoms with van der Waals surface area (Å²) < 4.78 is 0. The van der Waals surface area contributed by atoms with E-state index < -0.39 is 11.8 Å². The van der Waals surface area contributed by atoms with Gasteiger partial charge in [0.25, 0.3) is 0 Å². The van der Waals surface area contributed by atoms with Crippen LogP contribution in [0.1, 0.15) is 0 Å². The zero-order valence-electron chi connectivity index (χ0n) is 6.87. The van der Waals surface area contributed by atoms with E-state index in [-0.39, 0.29) is 19.4 Å². The zero-order valence-corrected chi connectivity index (χ0v) is 6.87. The van der Waals surface area contributed by atoms with Crippen molar-refractivity contribution in [3.8, 4) is 0 Å². The third kappa shape index (κ3) is 3.95. The molecule has 0 aromatic rings. The first-order chi connectivity index (χ1) is 5.76. The van der Waals surface area contributed by atoms with Gasteiger partial charge in [-0.05, 0) is 7.05 Å². The molecule has 0 fully saturated rings. The highest BCUT2D eigenvalue weighted by Gasteiger charge is 2.13. The molecule has 0 aliphatic carbocycles. The monoisotopic (exact) mass is 172 g/mol. The van der Waals surface area contributed by atoms with Crippen LogP contribution < -0.4 is 10.6 Å². The highest BCUT2D eigenvalue weighted by Crippen LogP contribution is 1.79. The van der Waals surface area contributed by atoms with Gasteiger partial charge in [0.2, 0.25) is 5.78 Å². The summed E-state index contributed by atoms with van der Waals surface area (Å²) >= 11 is 0. The SMILES string of the molecule is CNC(CNCC=O)C(=O)C=O. The van der Waals surface area contributed by atoms with Gasteiger partial charge in [0.15, 0.2) is 6.29 Å². The van der Waals surface area contributed by atoms with E-state index in [2.05, 4.69) is 10.6 Å². The van der Waals surface area contributed by atoms with Gasteiger partial charge in [-0.3, -0.25) is 9.59 Å². The van der Waals surface area contributed by atoms with Crippen LogP contribution in [0.4, 0.5) is 0 Å². The van der Waals surface area contributed by atoms with Crippen LogP contribution in [0.3, 0.4) is 0 Å². The molecule has 5 heteroatoms. The number of carbonyl (C=O) groups is 3. The van der Waals surface area contributed by atoms with E-state index in [1.165, 1.54) is 0 Å². The number of ketones is 1. The second-order valence-electron chi connectivity index (χ2n) is 2.19. The summed E-state index contributed by atoms with van der Waals surface area (Å²) in [7, 11) is 1.58. The second-order valence-corrected chi connectivity index (χ2v) is 2.19. The molecule has 5 nitrogen and oxygen atoms in total. The Bertz CT molecular complexity index is 170. The number of aldehydes is 2. The summed E-state index contributed by atoms with van der Waals surface area (Å²) in [5.74, 6) is -0.518. The quantitative estimate of drug-likeness (QED) is 0.267. The number of Topliss-reactive ketones (excluding diaryl/α,β-unsaturated/α-hetero) is 1. The van der Waals surface area contributed by atoms with E-state index >= 15 is 0 Å². The van der Waals surface area contributed by atoms with E-state index in [1.807, 2.05) is 0 Å². The fourth-order valence-corrected chi connectivity index (χ4v) is 0.714. The van der Waals surface area contributed by atoms with Gasteiger partial charge in [0.1, 0.15) is 6.29 Å². The molecule has 12 heavy (non-hydrogen) atoms. The number of hydrogen-bond acceptors (Lipinski definition) is 5. The summed E-state index contributed by atoms with van der Waals surface area (Å²) in [6, 6.07) is -0.539. The van der Waals surface area contributed by atoms with Crippen molar-refractivity contribution < 1.29 is 14.4 Å². The van der Waals surface area contributed by atoms with Gasteiger partial charge in [-0.1, -0.05) is 0 Å².